The highest BCUT2D eigenvalue weighted by Gasteiger charge is 2.36. The highest BCUT2D eigenvalue weighted by Crippen LogP contribution is 2.34. The minimum Gasteiger partial charge on any atom is -0.491 e. The molecule has 9 heteroatoms. The van der Waals surface area contributed by atoms with Crippen LogP contribution in [0.2, 0.25) is 0 Å². The average molecular weight is 410 g/mol. The third kappa shape index (κ3) is 3.72. The van der Waals surface area contributed by atoms with Gasteiger partial charge in [-0.15, -0.1) is 0 Å². The van der Waals surface area contributed by atoms with E-state index in [0.717, 1.165) is 0 Å². The number of anilines is 1. The zero-order chi connectivity index (χ0) is 21.5. The van der Waals surface area contributed by atoms with Crippen molar-refractivity contribution in [3.05, 3.63) is 64.5 Å². The molecule has 0 spiro atoms. The predicted octanol–water partition coefficient (Wildman–Crippen LogP) is 4.98. The summed E-state index contributed by atoms with van der Waals surface area (Å²) in [4.78, 5) is 12.6. The van der Waals surface area contributed by atoms with E-state index in [9.17, 15) is 26.7 Å². The SMILES string of the molecule is CC1=NN(c2c(F)c(F)c(F)c(F)c2F)C(=O)/C1=C/c1ccc(OC(C)C)cc1. The third-order valence-electron chi connectivity index (χ3n) is 4.02. The Morgan fingerprint density at radius 3 is 1.97 bits per heavy atom. The largest absolute Gasteiger partial charge is 0.491 e. The molecular weight excluding hydrogens is 395 g/mol. The Hall–Kier alpha value is -3.23. The van der Waals surface area contributed by atoms with Crippen molar-refractivity contribution in [3.63, 3.8) is 0 Å². The Morgan fingerprint density at radius 2 is 1.45 bits per heavy atom. The molecule has 29 heavy (non-hydrogen) atoms. The van der Waals surface area contributed by atoms with Crippen molar-refractivity contribution in [2.75, 3.05) is 5.01 Å². The quantitative estimate of drug-likeness (QED) is 0.309. The summed E-state index contributed by atoms with van der Waals surface area (Å²) in [7, 11) is 0. The Bertz CT molecular complexity index is 1020. The van der Waals surface area contributed by atoms with Crippen LogP contribution in [0.5, 0.6) is 5.75 Å². The molecule has 1 aliphatic rings. The average Bonchev–Trinajstić information content (AvgIpc) is 2.94. The van der Waals surface area contributed by atoms with E-state index >= 15 is 0 Å². The Labute approximate surface area is 162 Å². The normalized spacial score (nSPS) is 15.5. The summed E-state index contributed by atoms with van der Waals surface area (Å²) in [6, 6.07) is 6.62. The van der Waals surface area contributed by atoms with Crippen molar-refractivity contribution >= 4 is 23.4 Å². The molecular formula is C20H15F5N2O2. The molecule has 0 bridgehead atoms. The third-order valence-corrected chi connectivity index (χ3v) is 4.02. The molecule has 0 atom stereocenters. The Balaban J connectivity index is 1.97. The minimum atomic E-state index is -2.31. The van der Waals surface area contributed by atoms with Crippen molar-refractivity contribution in [1.29, 1.82) is 0 Å². The van der Waals surface area contributed by atoms with E-state index < -0.39 is 40.7 Å². The van der Waals surface area contributed by atoms with Crippen LogP contribution in [0.3, 0.4) is 0 Å². The number of carbonyl (C=O) groups is 1. The number of benzene rings is 2. The maximum atomic E-state index is 14.0. The summed E-state index contributed by atoms with van der Waals surface area (Å²) in [5, 5.41) is 3.85. The first-order valence-electron chi connectivity index (χ1n) is 8.51. The van der Waals surface area contributed by atoms with Crippen molar-refractivity contribution in [2.24, 2.45) is 5.10 Å². The predicted molar refractivity (Wildman–Crippen MR) is 97.0 cm³/mol. The molecule has 0 aromatic heterocycles. The van der Waals surface area contributed by atoms with Crippen LogP contribution >= 0.6 is 0 Å². The molecule has 3 rings (SSSR count). The van der Waals surface area contributed by atoms with Gasteiger partial charge >= 0.3 is 0 Å². The van der Waals surface area contributed by atoms with Crippen LogP contribution in [0.1, 0.15) is 26.3 Å². The van der Waals surface area contributed by atoms with Gasteiger partial charge in [0.1, 0.15) is 11.4 Å². The standard InChI is InChI=1S/C20H15F5N2O2/c1-9(2)29-12-6-4-11(5-7-12)8-13-10(3)26-27(20(13)28)19-17(24)15(22)14(21)16(23)18(19)25/h4-9H,1-3H3/b13-8+. The molecule has 0 fully saturated rings. The topological polar surface area (TPSA) is 41.9 Å². The number of ether oxygens (including phenoxy) is 1. The van der Waals surface area contributed by atoms with E-state index in [4.69, 9.17) is 4.74 Å². The van der Waals surface area contributed by atoms with Gasteiger partial charge in [-0.25, -0.2) is 22.0 Å². The smallest absolute Gasteiger partial charge is 0.280 e. The molecule has 2 aromatic carbocycles. The molecule has 0 saturated carbocycles. The summed E-state index contributed by atoms with van der Waals surface area (Å²) in [6.45, 7) is 5.10. The second-order valence-electron chi connectivity index (χ2n) is 6.51. The first kappa shape index (κ1) is 20.5. The maximum Gasteiger partial charge on any atom is 0.280 e. The lowest BCUT2D eigenvalue weighted by Crippen LogP contribution is -2.25. The summed E-state index contributed by atoms with van der Waals surface area (Å²) < 4.78 is 73.8. The minimum absolute atomic E-state index is 0.0279. The van der Waals surface area contributed by atoms with Gasteiger partial charge in [-0.05, 0) is 44.5 Å². The number of nitrogens with zero attached hydrogens (tertiary/aromatic N) is 2. The van der Waals surface area contributed by atoms with Crippen molar-refractivity contribution in [3.8, 4) is 5.75 Å². The van der Waals surface area contributed by atoms with Crippen LogP contribution < -0.4 is 9.75 Å². The van der Waals surface area contributed by atoms with Crippen LogP contribution in [0.25, 0.3) is 6.08 Å². The number of hydrogen-bond acceptors (Lipinski definition) is 3. The van der Waals surface area contributed by atoms with Gasteiger partial charge < -0.3 is 4.74 Å². The zero-order valence-corrected chi connectivity index (χ0v) is 15.6. The maximum absolute atomic E-state index is 14.0. The number of halogens is 5. The molecule has 1 amide bonds. The van der Waals surface area contributed by atoms with Crippen LogP contribution in [-0.4, -0.2) is 17.7 Å². The molecule has 0 unspecified atom stereocenters. The second kappa shape index (κ2) is 7.65. The number of carbonyl (C=O) groups excluding carboxylic acids is 1. The lowest BCUT2D eigenvalue weighted by Gasteiger charge is -2.15. The van der Waals surface area contributed by atoms with Crippen LogP contribution in [0.15, 0.2) is 34.9 Å². The lowest BCUT2D eigenvalue weighted by atomic mass is 10.1. The van der Waals surface area contributed by atoms with Gasteiger partial charge in [0.15, 0.2) is 23.3 Å². The van der Waals surface area contributed by atoms with E-state index in [1.54, 1.807) is 24.3 Å². The second-order valence-corrected chi connectivity index (χ2v) is 6.51. The molecule has 1 heterocycles. The lowest BCUT2D eigenvalue weighted by molar-refractivity contribution is -0.114. The van der Waals surface area contributed by atoms with Crippen molar-refractivity contribution in [1.82, 2.24) is 0 Å². The fourth-order valence-electron chi connectivity index (χ4n) is 2.70. The first-order valence-corrected chi connectivity index (χ1v) is 8.51. The van der Waals surface area contributed by atoms with Crippen molar-refractivity contribution < 1.29 is 31.5 Å². The van der Waals surface area contributed by atoms with E-state index in [0.29, 0.717) is 11.3 Å². The van der Waals surface area contributed by atoms with Gasteiger partial charge in [-0.2, -0.15) is 10.1 Å². The monoisotopic (exact) mass is 410 g/mol. The Morgan fingerprint density at radius 1 is 0.931 bits per heavy atom. The number of rotatable bonds is 4. The van der Waals surface area contributed by atoms with Gasteiger partial charge in [0.25, 0.3) is 5.91 Å². The molecule has 152 valence electrons. The molecule has 0 saturated heterocycles. The fraction of sp³-hybridized carbons (Fsp3) is 0.200. The highest BCUT2D eigenvalue weighted by molar-refractivity contribution is 6.32. The van der Waals surface area contributed by atoms with Gasteiger partial charge in [-0.1, -0.05) is 12.1 Å². The highest BCUT2D eigenvalue weighted by atomic mass is 19.2. The van der Waals surface area contributed by atoms with Crippen LogP contribution in [0.4, 0.5) is 27.6 Å². The summed E-state index contributed by atoms with van der Waals surface area (Å²) in [6.07, 6.45) is 1.37. The molecule has 0 radical (unpaired) electrons. The fourth-order valence-corrected chi connectivity index (χ4v) is 2.70. The van der Waals surface area contributed by atoms with Gasteiger partial charge in [0.05, 0.1) is 17.4 Å². The van der Waals surface area contributed by atoms with Gasteiger partial charge in [0.2, 0.25) is 5.82 Å². The molecule has 0 N–H and O–H groups in total. The number of hydrogen-bond donors (Lipinski definition) is 0. The molecule has 2 aromatic rings. The summed E-state index contributed by atoms with van der Waals surface area (Å²) in [5.41, 5.74) is -0.860. The molecule has 4 nitrogen and oxygen atoms in total. The van der Waals surface area contributed by atoms with E-state index in [2.05, 4.69) is 5.10 Å². The number of amides is 1. The van der Waals surface area contributed by atoms with Gasteiger partial charge in [-0.3, -0.25) is 4.79 Å². The summed E-state index contributed by atoms with van der Waals surface area (Å²) in [5.74, 6) is -11.3. The number of hydrazone groups is 1. The van der Waals surface area contributed by atoms with Crippen LogP contribution in [-0.2, 0) is 4.79 Å². The van der Waals surface area contributed by atoms with Crippen molar-refractivity contribution in [2.45, 2.75) is 26.9 Å². The summed E-state index contributed by atoms with van der Waals surface area (Å²) >= 11 is 0. The molecule has 0 aliphatic carbocycles. The first-order chi connectivity index (χ1) is 13.6. The zero-order valence-electron chi connectivity index (χ0n) is 15.6. The van der Waals surface area contributed by atoms with Crippen LogP contribution in [0, 0.1) is 29.1 Å². The molecule has 1 aliphatic heterocycles. The Kier molecular flexibility index (Phi) is 5.41. The van der Waals surface area contributed by atoms with Gasteiger partial charge in [0, 0.05) is 0 Å². The van der Waals surface area contributed by atoms with E-state index in [1.807, 2.05) is 13.8 Å². The van der Waals surface area contributed by atoms with E-state index in [-0.39, 0.29) is 22.4 Å². The van der Waals surface area contributed by atoms with E-state index in [1.165, 1.54) is 13.0 Å².